The first-order valence-corrected chi connectivity index (χ1v) is 6.23. The molecule has 17 heavy (non-hydrogen) atoms. The molecule has 0 aromatic carbocycles. The second kappa shape index (κ2) is 4.18. The Balaban J connectivity index is 1.77. The van der Waals surface area contributed by atoms with Crippen LogP contribution >= 0.6 is 0 Å². The van der Waals surface area contributed by atoms with Crippen molar-refractivity contribution in [1.82, 2.24) is 4.90 Å². The van der Waals surface area contributed by atoms with E-state index in [2.05, 4.69) is 4.90 Å². The van der Waals surface area contributed by atoms with Crippen molar-refractivity contribution < 1.29 is 14.3 Å². The molecule has 4 nitrogen and oxygen atoms in total. The third-order valence-electron chi connectivity index (χ3n) is 4.20. The van der Waals surface area contributed by atoms with Gasteiger partial charge < -0.3 is 9.52 Å². The van der Waals surface area contributed by atoms with Crippen molar-refractivity contribution in [3.8, 4) is 0 Å². The molecule has 2 heterocycles. The Morgan fingerprint density at radius 1 is 1.53 bits per heavy atom. The summed E-state index contributed by atoms with van der Waals surface area (Å²) in [5.74, 6) is 0.283. The normalized spacial score (nSPS) is 32.8. The minimum Gasteiger partial charge on any atom is -0.480 e. The number of likely N-dealkylation sites (tertiary alicyclic amines) is 1. The van der Waals surface area contributed by atoms with Gasteiger partial charge in [0.05, 0.1) is 12.5 Å². The van der Waals surface area contributed by atoms with Crippen LogP contribution in [0.4, 0.5) is 0 Å². The summed E-state index contributed by atoms with van der Waals surface area (Å²) in [6.45, 7) is 1.62. The van der Waals surface area contributed by atoms with Crippen molar-refractivity contribution >= 4 is 5.97 Å². The van der Waals surface area contributed by atoms with Gasteiger partial charge in [-0.15, -0.1) is 0 Å². The first kappa shape index (κ1) is 10.8. The number of carboxylic acids is 1. The quantitative estimate of drug-likeness (QED) is 0.870. The van der Waals surface area contributed by atoms with Crippen LogP contribution < -0.4 is 0 Å². The van der Waals surface area contributed by atoms with Gasteiger partial charge in [0.25, 0.3) is 0 Å². The average Bonchev–Trinajstić information content (AvgIpc) is 2.92. The minimum atomic E-state index is -0.664. The van der Waals surface area contributed by atoms with E-state index in [1.165, 1.54) is 12.8 Å². The Hall–Kier alpha value is -1.29. The summed E-state index contributed by atoms with van der Waals surface area (Å²) in [5, 5.41) is 9.39. The van der Waals surface area contributed by atoms with Crippen molar-refractivity contribution in [2.75, 3.05) is 6.54 Å². The largest absolute Gasteiger partial charge is 0.480 e. The molecule has 1 aromatic heterocycles. The van der Waals surface area contributed by atoms with Gasteiger partial charge in [-0.05, 0) is 30.7 Å². The molecule has 0 spiro atoms. The van der Waals surface area contributed by atoms with Gasteiger partial charge in [-0.3, -0.25) is 9.69 Å². The van der Waals surface area contributed by atoms with Gasteiger partial charge in [0, 0.05) is 18.7 Å². The number of hydrogen-bond donors (Lipinski definition) is 1. The summed E-state index contributed by atoms with van der Waals surface area (Å²) in [6.07, 6.45) is 6.80. The SMILES string of the molecule is O=C(O)C1C2CCCC2CN1Cc1ccoc1. The molecule has 92 valence electrons. The summed E-state index contributed by atoms with van der Waals surface area (Å²) < 4.78 is 5.04. The molecule has 1 aliphatic heterocycles. The summed E-state index contributed by atoms with van der Waals surface area (Å²) >= 11 is 0. The van der Waals surface area contributed by atoms with Crippen LogP contribution in [0.5, 0.6) is 0 Å². The zero-order chi connectivity index (χ0) is 11.8. The van der Waals surface area contributed by atoms with E-state index in [0.717, 1.165) is 18.5 Å². The van der Waals surface area contributed by atoms with E-state index in [-0.39, 0.29) is 6.04 Å². The molecule has 0 amide bonds. The van der Waals surface area contributed by atoms with Crippen molar-refractivity contribution in [1.29, 1.82) is 0 Å². The standard InChI is InChI=1S/C13H17NO3/c15-13(16)12-11-3-1-2-10(11)7-14(12)6-9-4-5-17-8-9/h4-5,8,10-12H,1-3,6-7H2,(H,15,16). The highest BCUT2D eigenvalue weighted by Crippen LogP contribution is 2.42. The van der Waals surface area contributed by atoms with E-state index in [0.29, 0.717) is 18.4 Å². The lowest BCUT2D eigenvalue weighted by Gasteiger charge is -2.23. The molecule has 3 unspecified atom stereocenters. The van der Waals surface area contributed by atoms with Gasteiger partial charge in [-0.1, -0.05) is 6.42 Å². The summed E-state index contributed by atoms with van der Waals surface area (Å²) in [7, 11) is 0. The fraction of sp³-hybridized carbons (Fsp3) is 0.615. The molecule has 1 saturated carbocycles. The zero-order valence-electron chi connectivity index (χ0n) is 9.71. The lowest BCUT2D eigenvalue weighted by Crippen LogP contribution is -2.39. The number of fused-ring (bicyclic) bond motifs is 1. The number of hydrogen-bond acceptors (Lipinski definition) is 3. The molecule has 1 saturated heterocycles. The predicted molar refractivity (Wildman–Crippen MR) is 61.4 cm³/mol. The second-order valence-electron chi connectivity index (χ2n) is 5.20. The first-order chi connectivity index (χ1) is 8.25. The van der Waals surface area contributed by atoms with Crippen molar-refractivity contribution in [2.24, 2.45) is 11.8 Å². The maximum atomic E-state index is 11.4. The van der Waals surface area contributed by atoms with Crippen LogP contribution in [-0.2, 0) is 11.3 Å². The maximum absolute atomic E-state index is 11.4. The molecule has 2 fully saturated rings. The van der Waals surface area contributed by atoms with E-state index < -0.39 is 5.97 Å². The maximum Gasteiger partial charge on any atom is 0.321 e. The van der Waals surface area contributed by atoms with Crippen LogP contribution in [0.25, 0.3) is 0 Å². The average molecular weight is 235 g/mol. The van der Waals surface area contributed by atoms with Crippen molar-refractivity contribution in [2.45, 2.75) is 31.8 Å². The molecule has 1 aliphatic carbocycles. The van der Waals surface area contributed by atoms with Crippen LogP contribution in [0.1, 0.15) is 24.8 Å². The van der Waals surface area contributed by atoms with Gasteiger partial charge in [0.2, 0.25) is 0 Å². The molecule has 3 rings (SSSR count). The number of furan rings is 1. The number of aliphatic carboxylic acids is 1. The molecular formula is C13H17NO3. The molecule has 3 atom stereocenters. The lowest BCUT2D eigenvalue weighted by atomic mass is 9.94. The predicted octanol–water partition coefficient (Wildman–Crippen LogP) is 1.96. The molecular weight excluding hydrogens is 218 g/mol. The number of carbonyl (C=O) groups is 1. The van der Waals surface area contributed by atoms with Gasteiger partial charge in [-0.2, -0.15) is 0 Å². The Labute approximate surface area is 100 Å². The zero-order valence-corrected chi connectivity index (χ0v) is 9.71. The minimum absolute atomic E-state index is 0.294. The summed E-state index contributed by atoms with van der Waals surface area (Å²) in [6, 6.07) is 1.62. The fourth-order valence-corrected chi connectivity index (χ4v) is 3.51. The van der Waals surface area contributed by atoms with Gasteiger partial charge in [0.15, 0.2) is 0 Å². The van der Waals surface area contributed by atoms with E-state index in [1.54, 1.807) is 12.5 Å². The molecule has 0 radical (unpaired) electrons. The van der Waals surface area contributed by atoms with E-state index in [4.69, 9.17) is 4.42 Å². The highest BCUT2D eigenvalue weighted by Gasteiger charge is 2.47. The Kier molecular flexibility index (Phi) is 2.67. The molecule has 1 N–H and O–H groups in total. The van der Waals surface area contributed by atoms with Gasteiger partial charge >= 0.3 is 5.97 Å². The molecule has 4 heteroatoms. The smallest absolute Gasteiger partial charge is 0.321 e. The van der Waals surface area contributed by atoms with Crippen LogP contribution in [0.3, 0.4) is 0 Å². The van der Waals surface area contributed by atoms with E-state index >= 15 is 0 Å². The summed E-state index contributed by atoms with van der Waals surface area (Å²) in [4.78, 5) is 13.5. The van der Waals surface area contributed by atoms with Crippen LogP contribution in [0.2, 0.25) is 0 Å². The fourth-order valence-electron chi connectivity index (χ4n) is 3.51. The molecule has 2 aliphatic rings. The highest BCUT2D eigenvalue weighted by atomic mass is 16.4. The van der Waals surface area contributed by atoms with E-state index in [1.807, 2.05) is 6.07 Å². The monoisotopic (exact) mass is 235 g/mol. The highest BCUT2D eigenvalue weighted by molar-refractivity contribution is 5.74. The third kappa shape index (κ3) is 1.86. The number of rotatable bonds is 3. The Bertz CT molecular complexity index is 401. The number of nitrogens with zero attached hydrogens (tertiary/aromatic N) is 1. The van der Waals surface area contributed by atoms with Crippen molar-refractivity contribution in [3.63, 3.8) is 0 Å². The molecule has 0 bridgehead atoms. The third-order valence-corrected chi connectivity index (χ3v) is 4.20. The second-order valence-corrected chi connectivity index (χ2v) is 5.20. The number of carboxylic acid groups (broad SMARTS) is 1. The summed E-state index contributed by atoms with van der Waals surface area (Å²) in [5.41, 5.74) is 1.07. The Morgan fingerprint density at radius 2 is 2.41 bits per heavy atom. The van der Waals surface area contributed by atoms with Gasteiger partial charge in [-0.25, -0.2) is 0 Å². The first-order valence-electron chi connectivity index (χ1n) is 6.23. The van der Waals surface area contributed by atoms with Crippen molar-refractivity contribution in [3.05, 3.63) is 24.2 Å². The topological polar surface area (TPSA) is 53.7 Å². The van der Waals surface area contributed by atoms with Crippen LogP contribution in [-0.4, -0.2) is 28.6 Å². The molecule has 1 aromatic rings. The van der Waals surface area contributed by atoms with E-state index in [9.17, 15) is 9.90 Å². The van der Waals surface area contributed by atoms with Gasteiger partial charge in [0.1, 0.15) is 6.04 Å². The van der Waals surface area contributed by atoms with Crippen LogP contribution in [0, 0.1) is 11.8 Å². The van der Waals surface area contributed by atoms with Crippen LogP contribution in [0.15, 0.2) is 23.0 Å². The lowest BCUT2D eigenvalue weighted by molar-refractivity contribution is -0.143. The Morgan fingerprint density at radius 3 is 3.12 bits per heavy atom.